The Morgan fingerprint density at radius 2 is 1.89 bits per heavy atom. The van der Waals surface area contributed by atoms with Crippen LogP contribution in [0.1, 0.15) is 27.8 Å². The summed E-state index contributed by atoms with van der Waals surface area (Å²) in [5, 5.41) is 6.76. The number of ketones is 1. The molecule has 27 heavy (non-hydrogen) atoms. The average Bonchev–Trinajstić information content (AvgIpc) is 3.30. The zero-order chi connectivity index (χ0) is 19.0. The molecule has 0 saturated heterocycles. The first-order chi connectivity index (χ1) is 13.0. The summed E-state index contributed by atoms with van der Waals surface area (Å²) < 4.78 is 25.7. The third-order valence-electron chi connectivity index (χ3n) is 4.06. The van der Waals surface area contributed by atoms with E-state index in [0.717, 1.165) is 0 Å². The van der Waals surface area contributed by atoms with Gasteiger partial charge in [-0.2, -0.15) is 5.10 Å². The summed E-state index contributed by atoms with van der Waals surface area (Å²) in [5.41, 5.74) is 0.882. The molecular weight excluding hydrogens is 353 g/mol. The molecule has 0 fully saturated rings. The Bertz CT molecular complexity index is 1060. The van der Waals surface area contributed by atoms with E-state index < -0.39 is 11.7 Å². The molecule has 8 heteroatoms. The second-order valence-electron chi connectivity index (χ2n) is 5.86. The number of halogens is 1. The monoisotopic (exact) mass is 367 g/mol. The fourth-order valence-electron chi connectivity index (χ4n) is 2.74. The molecule has 1 aliphatic rings. The molecule has 2 heterocycles. The predicted molar refractivity (Wildman–Crippen MR) is 94.0 cm³/mol. The van der Waals surface area contributed by atoms with E-state index in [9.17, 15) is 14.0 Å². The Balaban J connectivity index is 1.62. The number of para-hydroxylation sites is 1. The van der Waals surface area contributed by atoms with Crippen molar-refractivity contribution in [1.29, 1.82) is 0 Å². The van der Waals surface area contributed by atoms with E-state index in [1.165, 1.54) is 42.1 Å². The van der Waals surface area contributed by atoms with Crippen molar-refractivity contribution >= 4 is 17.4 Å². The zero-order valence-corrected chi connectivity index (χ0v) is 14.2. The highest BCUT2D eigenvalue weighted by Gasteiger charge is 2.21. The Kier molecular flexibility index (Phi) is 4.08. The second kappa shape index (κ2) is 6.56. The Morgan fingerprint density at radius 3 is 2.63 bits per heavy atom. The van der Waals surface area contributed by atoms with Crippen molar-refractivity contribution in [1.82, 2.24) is 9.78 Å². The summed E-state index contributed by atoms with van der Waals surface area (Å²) in [5.74, 6) is -0.344. The molecule has 1 aliphatic heterocycles. The number of nitrogens with one attached hydrogen (secondary N) is 1. The van der Waals surface area contributed by atoms with Gasteiger partial charge in [0, 0.05) is 17.8 Å². The number of carbonyl (C=O) groups excluding carboxylic acids is 2. The van der Waals surface area contributed by atoms with Crippen molar-refractivity contribution in [3.63, 3.8) is 0 Å². The summed E-state index contributed by atoms with van der Waals surface area (Å²) in [6, 6.07) is 10.6. The van der Waals surface area contributed by atoms with Crippen molar-refractivity contribution in [2.45, 2.75) is 6.92 Å². The Labute approximate surface area is 153 Å². The van der Waals surface area contributed by atoms with Gasteiger partial charge < -0.3 is 14.8 Å². The highest BCUT2D eigenvalue weighted by molar-refractivity contribution is 6.08. The molecule has 0 spiro atoms. The van der Waals surface area contributed by atoms with Gasteiger partial charge >= 0.3 is 0 Å². The summed E-state index contributed by atoms with van der Waals surface area (Å²) >= 11 is 0. The van der Waals surface area contributed by atoms with E-state index >= 15 is 0 Å². The largest absolute Gasteiger partial charge is 0.454 e. The lowest BCUT2D eigenvalue weighted by molar-refractivity contribution is 0.101. The number of rotatable bonds is 4. The number of fused-ring (bicyclic) bond motifs is 1. The maximum atomic E-state index is 13.9. The third-order valence-corrected chi connectivity index (χ3v) is 4.06. The van der Waals surface area contributed by atoms with E-state index in [2.05, 4.69) is 10.4 Å². The second-order valence-corrected chi connectivity index (χ2v) is 5.86. The lowest BCUT2D eigenvalue weighted by Crippen LogP contribution is -2.15. The van der Waals surface area contributed by atoms with Gasteiger partial charge in [-0.1, -0.05) is 12.1 Å². The number of aromatic nitrogens is 2. The van der Waals surface area contributed by atoms with Gasteiger partial charge in [0.1, 0.15) is 11.5 Å². The first-order valence-electron chi connectivity index (χ1n) is 8.09. The Morgan fingerprint density at radius 1 is 1.15 bits per heavy atom. The molecule has 0 saturated carbocycles. The van der Waals surface area contributed by atoms with Crippen LogP contribution >= 0.6 is 0 Å². The van der Waals surface area contributed by atoms with Crippen LogP contribution in [0.2, 0.25) is 0 Å². The molecule has 1 aromatic heterocycles. The quantitative estimate of drug-likeness (QED) is 0.716. The lowest BCUT2D eigenvalue weighted by atomic mass is 10.1. The predicted octanol–water partition coefficient (Wildman–Crippen LogP) is 3.20. The van der Waals surface area contributed by atoms with Gasteiger partial charge in [0.15, 0.2) is 23.0 Å². The highest BCUT2D eigenvalue weighted by atomic mass is 19.1. The average molecular weight is 367 g/mol. The van der Waals surface area contributed by atoms with Crippen LogP contribution in [-0.4, -0.2) is 28.3 Å². The molecule has 2 aromatic carbocycles. The molecule has 4 rings (SSSR count). The van der Waals surface area contributed by atoms with Crippen LogP contribution in [0.3, 0.4) is 0 Å². The van der Waals surface area contributed by atoms with E-state index in [-0.39, 0.29) is 29.6 Å². The van der Waals surface area contributed by atoms with Crippen molar-refractivity contribution in [2.24, 2.45) is 0 Å². The normalized spacial score (nSPS) is 12.1. The van der Waals surface area contributed by atoms with Crippen molar-refractivity contribution in [2.75, 3.05) is 12.1 Å². The van der Waals surface area contributed by atoms with Gasteiger partial charge in [-0.3, -0.25) is 9.59 Å². The van der Waals surface area contributed by atoms with Crippen molar-refractivity contribution in [3.8, 4) is 17.2 Å². The van der Waals surface area contributed by atoms with Gasteiger partial charge in [0.2, 0.25) is 6.79 Å². The molecule has 136 valence electrons. The number of hydrogen-bond donors (Lipinski definition) is 1. The van der Waals surface area contributed by atoms with Gasteiger partial charge in [0.25, 0.3) is 5.91 Å². The summed E-state index contributed by atoms with van der Waals surface area (Å²) in [4.78, 5) is 24.5. The molecule has 0 aliphatic carbocycles. The Hall–Kier alpha value is -3.68. The van der Waals surface area contributed by atoms with E-state index in [1.54, 1.807) is 18.2 Å². The fraction of sp³-hybridized carbons (Fsp3) is 0.105. The molecule has 0 bridgehead atoms. The fourth-order valence-corrected chi connectivity index (χ4v) is 2.74. The number of hydrogen-bond acceptors (Lipinski definition) is 5. The zero-order valence-electron chi connectivity index (χ0n) is 14.2. The standard InChI is InChI=1S/C19H14FN3O4/c1-11(24)12-8-17-18(27-10-26-17)9-15(12)21-19(25)14-6-7-23(22-14)16-5-3-2-4-13(16)20/h2-9H,10H2,1H3,(H,21,25). The first-order valence-corrected chi connectivity index (χ1v) is 8.09. The molecule has 1 amide bonds. The van der Waals surface area contributed by atoms with Crippen LogP contribution in [0.15, 0.2) is 48.7 Å². The van der Waals surface area contributed by atoms with Crippen LogP contribution in [-0.2, 0) is 0 Å². The molecule has 0 atom stereocenters. The number of benzene rings is 2. The molecule has 7 nitrogen and oxygen atoms in total. The number of amides is 1. The molecular formula is C19H14FN3O4. The maximum Gasteiger partial charge on any atom is 0.276 e. The van der Waals surface area contributed by atoms with Gasteiger partial charge in [-0.25, -0.2) is 9.07 Å². The minimum atomic E-state index is -0.536. The molecule has 3 aromatic rings. The highest BCUT2D eigenvalue weighted by Crippen LogP contribution is 2.37. The van der Waals surface area contributed by atoms with Crippen LogP contribution in [0.4, 0.5) is 10.1 Å². The number of nitrogens with zero attached hydrogens (tertiary/aromatic N) is 2. The summed E-state index contributed by atoms with van der Waals surface area (Å²) in [6.07, 6.45) is 1.48. The van der Waals surface area contributed by atoms with E-state index in [1.807, 2.05) is 0 Å². The van der Waals surface area contributed by atoms with Crippen LogP contribution in [0.25, 0.3) is 5.69 Å². The smallest absolute Gasteiger partial charge is 0.276 e. The van der Waals surface area contributed by atoms with Crippen LogP contribution < -0.4 is 14.8 Å². The minimum absolute atomic E-state index is 0.0527. The lowest BCUT2D eigenvalue weighted by Gasteiger charge is -2.09. The van der Waals surface area contributed by atoms with Crippen molar-refractivity contribution in [3.05, 3.63) is 65.7 Å². The molecule has 0 unspecified atom stereocenters. The third kappa shape index (κ3) is 3.12. The SMILES string of the molecule is CC(=O)c1cc2c(cc1NC(=O)c1ccn(-c3ccccc3F)n1)OCO2. The first kappa shape index (κ1) is 16.8. The van der Waals surface area contributed by atoms with Gasteiger partial charge in [0.05, 0.1) is 5.69 Å². The number of ether oxygens (including phenoxy) is 2. The van der Waals surface area contributed by atoms with E-state index in [4.69, 9.17) is 9.47 Å². The molecule has 1 N–H and O–H groups in total. The summed E-state index contributed by atoms with van der Waals surface area (Å²) in [7, 11) is 0. The molecule has 0 radical (unpaired) electrons. The van der Waals surface area contributed by atoms with Gasteiger partial charge in [-0.15, -0.1) is 0 Å². The maximum absolute atomic E-state index is 13.9. The number of carbonyl (C=O) groups is 2. The van der Waals surface area contributed by atoms with Gasteiger partial charge in [-0.05, 0) is 31.2 Å². The number of anilines is 1. The van der Waals surface area contributed by atoms with E-state index in [0.29, 0.717) is 17.1 Å². The number of Topliss-reactive ketones (excluding diaryl/α,β-unsaturated/α-hetero) is 1. The van der Waals surface area contributed by atoms with Crippen LogP contribution in [0, 0.1) is 5.82 Å². The summed E-state index contributed by atoms with van der Waals surface area (Å²) in [6.45, 7) is 1.44. The van der Waals surface area contributed by atoms with Crippen LogP contribution in [0.5, 0.6) is 11.5 Å². The topological polar surface area (TPSA) is 82.5 Å². The van der Waals surface area contributed by atoms with Crippen molar-refractivity contribution < 1.29 is 23.5 Å². The minimum Gasteiger partial charge on any atom is -0.454 e.